The van der Waals surface area contributed by atoms with Gasteiger partial charge in [0, 0.05) is 28.3 Å². The summed E-state index contributed by atoms with van der Waals surface area (Å²) < 4.78 is 14.6. The van der Waals surface area contributed by atoms with Gasteiger partial charge >= 0.3 is 0 Å². The van der Waals surface area contributed by atoms with Crippen molar-refractivity contribution in [1.29, 1.82) is 0 Å². The summed E-state index contributed by atoms with van der Waals surface area (Å²) >= 11 is 0. The van der Waals surface area contributed by atoms with Crippen LogP contribution in [0, 0.1) is 0 Å². The zero-order valence-electron chi connectivity index (χ0n) is 16.1. The highest BCUT2D eigenvalue weighted by molar-refractivity contribution is 7.79. The van der Waals surface area contributed by atoms with E-state index in [0.717, 1.165) is 17.0 Å². The molecule has 0 saturated heterocycles. The summed E-state index contributed by atoms with van der Waals surface area (Å²) in [6.45, 7) is 2.04. The number of Topliss-reactive ketones (excluding diaryl/α,β-unsaturated/α-hetero) is 1. The van der Waals surface area contributed by atoms with Crippen molar-refractivity contribution < 1.29 is 9.36 Å². The molecule has 0 aliphatic rings. The number of carbonyl (C=O) groups excluding carboxylic acids is 1. The van der Waals surface area contributed by atoms with E-state index in [-0.39, 0.29) is 17.9 Å². The normalized spacial score (nSPS) is 12.8. The van der Waals surface area contributed by atoms with Gasteiger partial charge in [-0.2, -0.15) is 0 Å². The lowest BCUT2D eigenvalue weighted by molar-refractivity contribution is 0.0984. The Bertz CT molecular complexity index is 920. The lowest BCUT2D eigenvalue weighted by atomic mass is 10.1. The number of benzene rings is 3. The Morgan fingerprint density at radius 3 is 1.75 bits per heavy atom. The van der Waals surface area contributed by atoms with E-state index in [9.17, 15) is 9.36 Å². The van der Waals surface area contributed by atoms with Crippen LogP contribution in [0.5, 0.6) is 0 Å². The lowest BCUT2D eigenvalue weighted by Crippen LogP contribution is -2.26. The maximum absolute atomic E-state index is 14.6. The van der Waals surface area contributed by atoms with Gasteiger partial charge in [-0.15, -0.1) is 0 Å². The topological polar surface area (TPSA) is 34.1 Å². The summed E-state index contributed by atoms with van der Waals surface area (Å²) in [7, 11) is -3.05. The van der Waals surface area contributed by atoms with Crippen LogP contribution in [0.25, 0.3) is 0 Å². The molecule has 3 heteroatoms. The van der Waals surface area contributed by atoms with Crippen LogP contribution in [-0.4, -0.2) is 11.4 Å². The van der Waals surface area contributed by atoms with Crippen LogP contribution in [0.1, 0.15) is 30.1 Å². The molecule has 0 aromatic heterocycles. The third-order valence-corrected chi connectivity index (χ3v) is 8.25. The van der Waals surface area contributed by atoms with E-state index >= 15 is 0 Å². The molecular formula is C25H25O2P. The Morgan fingerprint density at radius 1 is 0.821 bits per heavy atom. The molecular weight excluding hydrogens is 363 g/mol. The second-order valence-corrected chi connectivity index (χ2v) is 9.74. The molecule has 2 nitrogen and oxygen atoms in total. The standard InChI is InChI=1S/C25H25O2P/c1-2-3-15-24(20-25(26)21-13-7-4-8-14-21)28(27,22-16-9-5-10-17-22)23-18-11-6-12-19-23/h3-19,24H,2,20H2,1H3/b15-3+/t24-/m1/s1. The SMILES string of the molecule is CC/C=C/[C@H](CC(=O)c1ccccc1)P(=O)(c1ccccc1)c1ccccc1. The molecule has 0 radical (unpaired) electrons. The fraction of sp³-hybridized carbons (Fsp3) is 0.160. The van der Waals surface area contributed by atoms with Crippen molar-refractivity contribution in [3.8, 4) is 0 Å². The van der Waals surface area contributed by atoms with Gasteiger partial charge < -0.3 is 4.57 Å². The number of ketones is 1. The molecule has 3 rings (SSSR count). The molecule has 0 N–H and O–H groups in total. The molecule has 0 fully saturated rings. The smallest absolute Gasteiger partial charge is 0.163 e. The zero-order chi connectivity index (χ0) is 19.8. The summed E-state index contributed by atoms with van der Waals surface area (Å²) in [6, 6.07) is 28.4. The van der Waals surface area contributed by atoms with Crippen molar-refractivity contribution in [3.63, 3.8) is 0 Å². The summed E-state index contributed by atoms with van der Waals surface area (Å²) in [6.07, 6.45) is 5.03. The summed E-state index contributed by atoms with van der Waals surface area (Å²) in [5.41, 5.74) is 0.273. The molecule has 0 spiro atoms. The molecule has 142 valence electrons. The van der Waals surface area contributed by atoms with Gasteiger partial charge in [-0.25, -0.2) is 0 Å². The Morgan fingerprint density at radius 2 is 1.29 bits per heavy atom. The molecule has 0 aliphatic heterocycles. The second kappa shape index (κ2) is 9.48. The van der Waals surface area contributed by atoms with E-state index in [4.69, 9.17) is 0 Å². The molecule has 28 heavy (non-hydrogen) atoms. The van der Waals surface area contributed by atoms with Crippen molar-refractivity contribution in [1.82, 2.24) is 0 Å². The first-order valence-electron chi connectivity index (χ1n) is 9.62. The fourth-order valence-electron chi connectivity index (χ4n) is 3.37. The summed E-state index contributed by atoms with van der Waals surface area (Å²) in [5, 5.41) is 1.57. The third kappa shape index (κ3) is 4.40. The van der Waals surface area contributed by atoms with E-state index in [1.54, 1.807) is 0 Å². The van der Waals surface area contributed by atoms with Crippen molar-refractivity contribution in [2.75, 3.05) is 0 Å². The van der Waals surface area contributed by atoms with E-state index in [2.05, 4.69) is 0 Å². The average molecular weight is 388 g/mol. The van der Waals surface area contributed by atoms with E-state index in [0.29, 0.717) is 5.56 Å². The molecule has 0 heterocycles. The molecule has 0 aliphatic carbocycles. The average Bonchev–Trinajstić information content (AvgIpc) is 2.77. The summed E-state index contributed by atoms with van der Waals surface area (Å²) in [4.78, 5) is 13.0. The maximum Gasteiger partial charge on any atom is 0.163 e. The number of allylic oxidation sites excluding steroid dienone is 2. The van der Waals surface area contributed by atoms with Gasteiger partial charge in [0.15, 0.2) is 5.78 Å². The van der Waals surface area contributed by atoms with Gasteiger partial charge in [0.2, 0.25) is 0 Å². The largest absolute Gasteiger partial charge is 0.313 e. The number of hydrogen-bond donors (Lipinski definition) is 0. The van der Waals surface area contributed by atoms with Crippen molar-refractivity contribution in [3.05, 3.63) is 109 Å². The van der Waals surface area contributed by atoms with Gasteiger partial charge in [-0.05, 0) is 6.42 Å². The van der Waals surface area contributed by atoms with Crippen molar-refractivity contribution >= 4 is 23.5 Å². The number of rotatable bonds is 8. The first-order valence-corrected chi connectivity index (χ1v) is 11.4. The minimum absolute atomic E-state index is 0.0124. The molecule has 0 amide bonds. The first kappa shape index (κ1) is 20.0. The number of hydrogen-bond acceptors (Lipinski definition) is 2. The van der Waals surface area contributed by atoms with Gasteiger partial charge in [0.1, 0.15) is 7.14 Å². The van der Waals surface area contributed by atoms with E-state index in [1.807, 2.05) is 110 Å². The van der Waals surface area contributed by atoms with E-state index in [1.165, 1.54) is 0 Å². The summed E-state index contributed by atoms with van der Waals surface area (Å²) in [5.74, 6) is 0.0124. The van der Waals surface area contributed by atoms with Crippen LogP contribution in [0.15, 0.2) is 103 Å². The van der Waals surface area contributed by atoms with Crippen molar-refractivity contribution in [2.24, 2.45) is 0 Å². The molecule has 0 bridgehead atoms. The van der Waals surface area contributed by atoms with Gasteiger partial charge in [-0.3, -0.25) is 4.79 Å². The van der Waals surface area contributed by atoms with Crippen LogP contribution in [0.3, 0.4) is 0 Å². The molecule has 1 atom stereocenters. The molecule has 3 aromatic carbocycles. The van der Waals surface area contributed by atoms with Crippen molar-refractivity contribution in [2.45, 2.75) is 25.4 Å². The minimum Gasteiger partial charge on any atom is -0.313 e. The lowest BCUT2D eigenvalue weighted by Gasteiger charge is -2.26. The Kier molecular flexibility index (Phi) is 6.79. The third-order valence-electron chi connectivity index (χ3n) is 4.83. The number of carbonyl (C=O) groups is 1. The second-order valence-electron chi connectivity index (χ2n) is 6.73. The van der Waals surface area contributed by atoms with E-state index < -0.39 is 7.14 Å². The predicted octanol–water partition coefficient (Wildman–Crippen LogP) is 5.61. The van der Waals surface area contributed by atoms with Crippen LogP contribution in [0.4, 0.5) is 0 Å². The Labute approximate surface area is 167 Å². The highest BCUT2D eigenvalue weighted by Crippen LogP contribution is 2.51. The monoisotopic (exact) mass is 388 g/mol. The fourth-order valence-corrected chi connectivity index (χ4v) is 6.45. The molecule has 3 aromatic rings. The molecule has 0 saturated carbocycles. The van der Waals surface area contributed by atoms with Crippen LogP contribution in [0.2, 0.25) is 0 Å². The minimum atomic E-state index is -3.05. The Hall–Kier alpha value is -2.70. The zero-order valence-corrected chi connectivity index (χ0v) is 17.0. The molecule has 0 unspecified atom stereocenters. The van der Waals surface area contributed by atoms with Crippen LogP contribution >= 0.6 is 7.14 Å². The highest BCUT2D eigenvalue weighted by Gasteiger charge is 2.36. The van der Waals surface area contributed by atoms with Gasteiger partial charge in [-0.1, -0.05) is 110 Å². The van der Waals surface area contributed by atoms with Gasteiger partial charge in [0.05, 0.1) is 0 Å². The maximum atomic E-state index is 14.6. The highest BCUT2D eigenvalue weighted by atomic mass is 31.2. The Balaban J connectivity index is 2.09. The van der Waals surface area contributed by atoms with Gasteiger partial charge in [0.25, 0.3) is 0 Å². The predicted molar refractivity (Wildman–Crippen MR) is 118 cm³/mol. The first-order chi connectivity index (χ1) is 13.7. The van der Waals surface area contributed by atoms with Crippen LogP contribution in [-0.2, 0) is 4.57 Å². The van der Waals surface area contributed by atoms with Crippen LogP contribution < -0.4 is 10.6 Å². The quantitative estimate of drug-likeness (QED) is 0.286.